The third-order valence-electron chi connectivity index (χ3n) is 1.55. The van der Waals surface area contributed by atoms with Crippen molar-refractivity contribution in [1.29, 1.82) is 0 Å². The van der Waals surface area contributed by atoms with E-state index in [2.05, 4.69) is 6.58 Å². The molecule has 1 N–H and O–H groups in total. The Morgan fingerprint density at radius 1 is 1.69 bits per heavy atom. The van der Waals surface area contributed by atoms with Gasteiger partial charge in [-0.15, -0.1) is 0 Å². The molecule has 0 aromatic rings. The van der Waals surface area contributed by atoms with Crippen LogP contribution in [0, 0.1) is 0 Å². The van der Waals surface area contributed by atoms with E-state index in [1.807, 2.05) is 0 Å². The summed E-state index contributed by atoms with van der Waals surface area (Å²) in [5, 5.41) is 0. The van der Waals surface area contributed by atoms with Crippen molar-refractivity contribution < 1.29 is 23.5 Å². The number of carbonyl (C=O) groups excluding carboxylic acids is 1. The van der Waals surface area contributed by atoms with Crippen LogP contribution in [0.2, 0.25) is 0 Å². The molecule has 1 rings (SSSR count). The maximum Gasteiger partial charge on any atom is 0.331 e. The Balaban J connectivity index is 2.50. The Kier molecular flexibility index (Phi) is 3.39. The van der Waals surface area contributed by atoms with E-state index in [0.29, 0.717) is 13.2 Å². The van der Waals surface area contributed by atoms with Gasteiger partial charge in [-0.2, -0.15) is 0 Å². The topological polar surface area (TPSA) is 65.0 Å². The summed E-state index contributed by atoms with van der Waals surface area (Å²) in [7, 11) is -2.97. The summed E-state index contributed by atoms with van der Waals surface area (Å²) in [6.45, 7) is 5.43. The fourth-order valence-electron chi connectivity index (χ4n) is 0.866. The van der Waals surface area contributed by atoms with Crippen molar-refractivity contribution in [1.82, 2.24) is 0 Å². The third kappa shape index (κ3) is 2.48. The van der Waals surface area contributed by atoms with Crippen molar-refractivity contribution in [3.63, 3.8) is 0 Å². The molecule has 1 aliphatic rings. The van der Waals surface area contributed by atoms with Gasteiger partial charge in [0.2, 0.25) is 0 Å². The maximum absolute atomic E-state index is 10.8. The Labute approximate surface area is 76.9 Å². The molecule has 1 atom stereocenters. The molecule has 1 saturated heterocycles. The Hall–Kier alpha value is -0.480. The van der Waals surface area contributed by atoms with Crippen LogP contribution in [-0.4, -0.2) is 29.9 Å². The lowest BCUT2D eigenvalue weighted by molar-refractivity contribution is -0.139. The van der Waals surface area contributed by atoms with Gasteiger partial charge < -0.3 is 18.7 Å². The molecule has 75 valence electrons. The van der Waals surface area contributed by atoms with Crippen molar-refractivity contribution in [2.45, 2.75) is 12.8 Å². The highest BCUT2D eigenvalue weighted by atomic mass is 31.2. The first-order valence-electron chi connectivity index (χ1n) is 3.82. The first-order valence-corrected chi connectivity index (χ1v) is 5.47. The summed E-state index contributed by atoms with van der Waals surface area (Å²) in [6.07, 6.45) is 1.03. The SMILES string of the molecule is C=CC(=O)OC(C)[P]1(O)OCCO1. The maximum atomic E-state index is 10.8. The molecule has 0 aromatic heterocycles. The Morgan fingerprint density at radius 2 is 2.23 bits per heavy atom. The summed E-state index contributed by atoms with van der Waals surface area (Å²) in [5.41, 5.74) is 0. The second-order valence-corrected chi connectivity index (χ2v) is 4.84. The number of ether oxygens (including phenoxy) is 1. The van der Waals surface area contributed by atoms with E-state index in [9.17, 15) is 9.69 Å². The van der Waals surface area contributed by atoms with Gasteiger partial charge in [0.25, 0.3) is 7.94 Å². The first-order chi connectivity index (χ1) is 6.08. The average molecular weight is 207 g/mol. The molecule has 1 aliphatic heterocycles. The second-order valence-electron chi connectivity index (χ2n) is 2.47. The van der Waals surface area contributed by atoms with Crippen molar-refractivity contribution in [3.05, 3.63) is 12.7 Å². The van der Waals surface area contributed by atoms with E-state index in [0.717, 1.165) is 6.08 Å². The smallest absolute Gasteiger partial charge is 0.331 e. The van der Waals surface area contributed by atoms with Crippen LogP contribution in [0.15, 0.2) is 12.7 Å². The van der Waals surface area contributed by atoms with Crippen LogP contribution >= 0.6 is 7.94 Å². The minimum absolute atomic E-state index is 0.334. The fourth-order valence-corrected chi connectivity index (χ4v) is 2.27. The largest absolute Gasteiger partial charge is 0.448 e. The van der Waals surface area contributed by atoms with Gasteiger partial charge in [0.05, 0.1) is 13.2 Å². The van der Waals surface area contributed by atoms with Crippen molar-refractivity contribution in [2.24, 2.45) is 0 Å². The lowest BCUT2D eigenvalue weighted by Gasteiger charge is -2.27. The monoisotopic (exact) mass is 207 g/mol. The number of esters is 1. The van der Waals surface area contributed by atoms with E-state index >= 15 is 0 Å². The highest BCUT2D eigenvalue weighted by Gasteiger charge is 2.41. The molecule has 0 bridgehead atoms. The van der Waals surface area contributed by atoms with Gasteiger partial charge in [-0.1, -0.05) is 6.58 Å². The van der Waals surface area contributed by atoms with Crippen LogP contribution in [0.5, 0.6) is 0 Å². The van der Waals surface area contributed by atoms with E-state index < -0.39 is 19.8 Å². The molecule has 5 nitrogen and oxygen atoms in total. The highest BCUT2D eigenvalue weighted by molar-refractivity contribution is 7.61. The summed E-state index contributed by atoms with van der Waals surface area (Å²) >= 11 is 0. The summed E-state index contributed by atoms with van der Waals surface area (Å²) in [4.78, 5) is 20.4. The molecule has 6 heteroatoms. The molecule has 0 saturated carbocycles. The predicted octanol–water partition coefficient (Wildman–Crippen LogP) is 0.863. The van der Waals surface area contributed by atoms with Crippen LogP contribution in [-0.2, 0) is 18.6 Å². The van der Waals surface area contributed by atoms with Crippen LogP contribution < -0.4 is 0 Å². The lowest BCUT2D eigenvalue weighted by Crippen LogP contribution is -2.17. The third-order valence-corrected chi connectivity index (χ3v) is 3.68. The predicted molar refractivity (Wildman–Crippen MR) is 46.8 cm³/mol. The van der Waals surface area contributed by atoms with Crippen LogP contribution in [0.1, 0.15) is 6.92 Å². The minimum Gasteiger partial charge on any atom is -0.448 e. The number of rotatable bonds is 3. The van der Waals surface area contributed by atoms with E-state index in [1.54, 1.807) is 0 Å². The highest BCUT2D eigenvalue weighted by Crippen LogP contribution is 2.64. The zero-order valence-electron chi connectivity index (χ0n) is 7.30. The van der Waals surface area contributed by atoms with Gasteiger partial charge in [0.1, 0.15) is 0 Å². The molecule has 0 amide bonds. The van der Waals surface area contributed by atoms with Gasteiger partial charge in [-0.05, 0) is 6.92 Å². The molecule has 0 aliphatic carbocycles. The fraction of sp³-hybridized carbons (Fsp3) is 0.571. The van der Waals surface area contributed by atoms with Crippen molar-refractivity contribution >= 4 is 13.9 Å². The molecule has 1 unspecified atom stereocenters. The Morgan fingerprint density at radius 3 is 2.69 bits per heavy atom. The number of hydrogen-bond acceptors (Lipinski definition) is 5. The molecule has 1 heterocycles. The number of carbonyl (C=O) groups is 1. The molecule has 1 radical (unpaired) electrons. The van der Waals surface area contributed by atoms with Crippen molar-refractivity contribution in [3.8, 4) is 0 Å². The van der Waals surface area contributed by atoms with Gasteiger partial charge in [-0.25, -0.2) is 4.79 Å². The molecule has 1 fully saturated rings. The van der Waals surface area contributed by atoms with E-state index in [4.69, 9.17) is 13.8 Å². The molecule has 0 aromatic carbocycles. The van der Waals surface area contributed by atoms with Crippen LogP contribution in [0.4, 0.5) is 0 Å². The Bertz CT molecular complexity index is 211. The van der Waals surface area contributed by atoms with Gasteiger partial charge in [0, 0.05) is 6.08 Å². The van der Waals surface area contributed by atoms with Gasteiger partial charge >= 0.3 is 5.97 Å². The summed E-state index contributed by atoms with van der Waals surface area (Å²) < 4.78 is 14.7. The summed E-state index contributed by atoms with van der Waals surface area (Å²) in [6, 6.07) is 0. The van der Waals surface area contributed by atoms with Gasteiger partial charge in [0.15, 0.2) is 5.85 Å². The quantitative estimate of drug-likeness (QED) is 0.422. The molecular formula is C7H12O5P. The molecular weight excluding hydrogens is 195 g/mol. The normalized spacial score (nSPS) is 22.3. The van der Waals surface area contributed by atoms with Crippen LogP contribution in [0.3, 0.4) is 0 Å². The molecule has 13 heavy (non-hydrogen) atoms. The van der Waals surface area contributed by atoms with Crippen molar-refractivity contribution in [2.75, 3.05) is 13.2 Å². The number of hydrogen-bond donors (Lipinski definition) is 1. The standard InChI is InChI=1S/C7H12O5P/c1-3-7(8)12-6(2)13(9)10-4-5-11-13/h3,6,9H,1,4-5H2,2H3. The second kappa shape index (κ2) is 4.15. The lowest BCUT2D eigenvalue weighted by atomic mass is 10.6. The minimum atomic E-state index is -2.97. The average Bonchev–Trinajstić information content (AvgIpc) is 2.53. The molecule has 0 spiro atoms. The van der Waals surface area contributed by atoms with Gasteiger partial charge in [-0.3, -0.25) is 0 Å². The zero-order chi connectivity index (χ0) is 9.90. The van der Waals surface area contributed by atoms with E-state index in [-0.39, 0.29) is 0 Å². The van der Waals surface area contributed by atoms with E-state index in [1.165, 1.54) is 6.92 Å². The first kappa shape index (κ1) is 10.6. The summed E-state index contributed by atoms with van der Waals surface area (Å²) in [5.74, 6) is -1.36. The van der Waals surface area contributed by atoms with Crippen LogP contribution in [0.25, 0.3) is 0 Å². The zero-order valence-corrected chi connectivity index (χ0v) is 8.20.